The zero-order chi connectivity index (χ0) is 12.4. The first kappa shape index (κ1) is 12.2. The van der Waals surface area contributed by atoms with Gasteiger partial charge < -0.3 is 20.9 Å². The third-order valence-electron chi connectivity index (χ3n) is 2.85. The molecular formula is C11H14BrN3O2. The standard InChI is InChI=1S/C11H14BrN3O2/c12-7-1-2-10(9(5-7)11(13)14-17)15-4-3-8(16)6-15/h1-2,5,8,16-17H,3-4,6H2,(H2,13,14). The molecule has 1 heterocycles. The van der Waals surface area contributed by atoms with Crippen LogP contribution in [0, 0.1) is 0 Å². The maximum atomic E-state index is 9.54. The molecule has 1 aliphatic heterocycles. The third-order valence-corrected chi connectivity index (χ3v) is 3.34. The molecule has 5 nitrogen and oxygen atoms in total. The van der Waals surface area contributed by atoms with E-state index in [0.29, 0.717) is 12.1 Å². The van der Waals surface area contributed by atoms with Crippen LogP contribution in [0.3, 0.4) is 0 Å². The number of halogens is 1. The van der Waals surface area contributed by atoms with E-state index in [1.54, 1.807) is 6.07 Å². The quantitative estimate of drug-likeness (QED) is 0.331. The number of nitrogens with zero attached hydrogens (tertiary/aromatic N) is 2. The molecule has 0 spiro atoms. The second-order valence-electron chi connectivity index (χ2n) is 4.04. The van der Waals surface area contributed by atoms with Crippen LogP contribution in [0.5, 0.6) is 0 Å². The van der Waals surface area contributed by atoms with E-state index in [1.807, 2.05) is 17.0 Å². The number of hydrogen-bond acceptors (Lipinski definition) is 4. The summed E-state index contributed by atoms with van der Waals surface area (Å²) in [5, 5.41) is 21.4. The predicted octanol–water partition coefficient (Wildman–Crippen LogP) is 1.11. The Kier molecular flexibility index (Phi) is 3.54. The van der Waals surface area contributed by atoms with E-state index in [4.69, 9.17) is 10.9 Å². The maximum absolute atomic E-state index is 9.54. The summed E-state index contributed by atoms with van der Waals surface area (Å²) in [7, 11) is 0. The molecule has 17 heavy (non-hydrogen) atoms. The molecule has 6 heteroatoms. The smallest absolute Gasteiger partial charge is 0.172 e. The summed E-state index contributed by atoms with van der Waals surface area (Å²) in [6, 6.07) is 5.60. The lowest BCUT2D eigenvalue weighted by molar-refractivity contribution is 0.198. The van der Waals surface area contributed by atoms with Gasteiger partial charge >= 0.3 is 0 Å². The zero-order valence-electron chi connectivity index (χ0n) is 9.17. The fraction of sp³-hybridized carbons (Fsp3) is 0.364. The summed E-state index contributed by atoms with van der Waals surface area (Å²) in [6.07, 6.45) is 0.435. The van der Waals surface area contributed by atoms with Gasteiger partial charge in [0.2, 0.25) is 0 Å². The second-order valence-corrected chi connectivity index (χ2v) is 4.95. The van der Waals surface area contributed by atoms with Crippen LogP contribution in [-0.4, -0.2) is 35.3 Å². The number of β-amino-alcohol motifs (C(OH)–C–C–N with tert-alkyl or cyclic N) is 1. The lowest BCUT2D eigenvalue weighted by Gasteiger charge is -2.21. The summed E-state index contributed by atoms with van der Waals surface area (Å²) in [5.41, 5.74) is 7.19. The van der Waals surface area contributed by atoms with E-state index in [-0.39, 0.29) is 11.9 Å². The van der Waals surface area contributed by atoms with Crippen LogP contribution in [0.25, 0.3) is 0 Å². The maximum Gasteiger partial charge on any atom is 0.172 e. The van der Waals surface area contributed by atoms with Crippen molar-refractivity contribution < 1.29 is 10.3 Å². The molecule has 1 saturated heterocycles. The monoisotopic (exact) mass is 299 g/mol. The Morgan fingerprint density at radius 2 is 2.29 bits per heavy atom. The van der Waals surface area contributed by atoms with E-state index < -0.39 is 0 Å². The van der Waals surface area contributed by atoms with Crippen LogP contribution in [0.2, 0.25) is 0 Å². The van der Waals surface area contributed by atoms with Crippen molar-refractivity contribution in [1.29, 1.82) is 0 Å². The van der Waals surface area contributed by atoms with Crippen molar-refractivity contribution in [2.45, 2.75) is 12.5 Å². The Morgan fingerprint density at radius 3 is 2.88 bits per heavy atom. The topological polar surface area (TPSA) is 82.1 Å². The minimum atomic E-state index is -0.307. The predicted molar refractivity (Wildman–Crippen MR) is 69.5 cm³/mol. The molecule has 2 rings (SSSR count). The molecule has 0 aliphatic carbocycles. The Labute approximate surface area is 108 Å². The molecule has 1 fully saturated rings. The van der Waals surface area contributed by atoms with E-state index >= 15 is 0 Å². The average Bonchev–Trinajstić information content (AvgIpc) is 2.74. The highest BCUT2D eigenvalue weighted by atomic mass is 79.9. The summed E-state index contributed by atoms with van der Waals surface area (Å²) < 4.78 is 0.864. The lowest BCUT2D eigenvalue weighted by Crippen LogP contribution is -2.25. The molecule has 1 aliphatic rings. The van der Waals surface area contributed by atoms with E-state index in [0.717, 1.165) is 23.1 Å². The highest BCUT2D eigenvalue weighted by molar-refractivity contribution is 9.10. The van der Waals surface area contributed by atoms with Gasteiger partial charge in [-0.25, -0.2) is 0 Å². The first-order valence-corrected chi connectivity index (χ1v) is 6.11. The van der Waals surface area contributed by atoms with Gasteiger partial charge in [0, 0.05) is 28.8 Å². The zero-order valence-corrected chi connectivity index (χ0v) is 10.8. The van der Waals surface area contributed by atoms with Gasteiger partial charge in [-0.15, -0.1) is 0 Å². The molecule has 0 radical (unpaired) electrons. The number of amidine groups is 1. The first-order valence-electron chi connectivity index (χ1n) is 5.32. The number of rotatable bonds is 2. The molecule has 0 saturated carbocycles. The van der Waals surface area contributed by atoms with Gasteiger partial charge in [0.15, 0.2) is 5.84 Å². The minimum absolute atomic E-state index is 0.0719. The van der Waals surface area contributed by atoms with Gasteiger partial charge in [-0.05, 0) is 24.6 Å². The van der Waals surface area contributed by atoms with Crippen LogP contribution in [0.4, 0.5) is 5.69 Å². The van der Waals surface area contributed by atoms with Gasteiger partial charge in [0.1, 0.15) is 0 Å². The molecule has 92 valence electrons. The highest BCUT2D eigenvalue weighted by Crippen LogP contribution is 2.27. The van der Waals surface area contributed by atoms with Crippen LogP contribution in [0.15, 0.2) is 27.8 Å². The number of oxime groups is 1. The highest BCUT2D eigenvalue weighted by Gasteiger charge is 2.23. The van der Waals surface area contributed by atoms with Gasteiger partial charge in [-0.3, -0.25) is 0 Å². The summed E-state index contributed by atoms with van der Waals surface area (Å²) in [6.45, 7) is 1.35. The fourth-order valence-electron chi connectivity index (χ4n) is 2.00. The molecule has 1 aromatic carbocycles. The summed E-state index contributed by atoms with van der Waals surface area (Å²) in [4.78, 5) is 2.03. The van der Waals surface area contributed by atoms with Gasteiger partial charge in [0.25, 0.3) is 0 Å². The molecule has 0 bridgehead atoms. The molecule has 4 N–H and O–H groups in total. The number of aliphatic hydroxyl groups is 1. The number of nitrogens with two attached hydrogens (primary N) is 1. The van der Waals surface area contributed by atoms with Gasteiger partial charge in [0.05, 0.1) is 6.10 Å². The number of benzene rings is 1. The van der Waals surface area contributed by atoms with Crippen molar-refractivity contribution in [1.82, 2.24) is 0 Å². The van der Waals surface area contributed by atoms with Crippen LogP contribution in [0.1, 0.15) is 12.0 Å². The van der Waals surface area contributed by atoms with Crippen molar-refractivity contribution >= 4 is 27.5 Å². The average molecular weight is 300 g/mol. The lowest BCUT2D eigenvalue weighted by atomic mass is 10.1. The number of hydrogen-bond donors (Lipinski definition) is 3. The van der Waals surface area contributed by atoms with E-state index in [2.05, 4.69) is 21.1 Å². The molecule has 0 amide bonds. The first-order chi connectivity index (χ1) is 8.11. The fourth-order valence-corrected chi connectivity index (χ4v) is 2.36. The summed E-state index contributed by atoms with van der Waals surface area (Å²) >= 11 is 3.35. The second kappa shape index (κ2) is 4.93. The third kappa shape index (κ3) is 2.53. The van der Waals surface area contributed by atoms with Gasteiger partial charge in [-0.1, -0.05) is 21.1 Å². The van der Waals surface area contributed by atoms with Crippen molar-refractivity contribution in [2.24, 2.45) is 10.9 Å². The molecule has 1 atom stereocenters. The minimum Gasteiger partial charge on any atom is -0.409 e. The normalized spacial score (nSPS) is 20.9. The van der Waals surface area contributed by atoms with E-state index in [9.17, 15) is 5.11 Å². The Bertz CT molecular complexity index is 450. The van der Waals surface area contributed by atoms with Crippen molar-refractivity contribution in [3.05, 3.63) is 28.2 Å². The van der Waals surface area contributed by atoms with E-state index in [1.165, 1.54) is 0 Å². The molecular weight excluding hydrogens is 286 g/mol. The van der Waals surface area contributed by atoms with Gasteiger partial charge in [-0.2, -0.15) is 0 Å². The Balaban J connectivity index is 2.39. The SMILES string of the molecule is N/C(=N/O)c1cc(Br)ccc1N1CCC(O)C1. The Morgan fingerprint density at radius 1 is 1.53 bits per heavy atom. The molecule has 0 aromatic heterocycles. The largest absolute Gasteiger partial charge is 0.409 e. The van der Waals surface area contributed by atoms with Crippen molar-refractivity contribution in [3.63, 3.8) is 0 Å². The number of anilines is 1. The summed E-state index contributed by atoms with van der Waals surface area (Å²) in [5.74, 6) is 0.0719. The van der Waals surface area contributed by atoms with Crippen molar-refractivity contribution in [2.75, 3.05) is 18.0 Å². The van der Waals surface area contributed by atoms with Crippen LogP contribution >= 0.6 is 15.9 Å². The van der Waals surface area contributed by atoms with Crippen LogP contribution in [-0.2, 0) is 0 Å². The van der Waals surface area contributed by atoms with Crippen LogP contribution < -0.4 is 10.6 Å². The molecule has 1 aromatic rings. The molecule has 1 unspecified atom stereocenters. The Hall–Kier alpha value is -1.27. The van der Waals surface area contributed by atoms with Crippen molar-refractivity contribution in [3.8, 4) is 0 Å². The number of aliphatic hydroxyl groups excluding tert-OH is 1.